The summed E-state index contributed by atoms with van der Waals surface area (Å²) in [5, 5.41) is 9.91. The van der Waals surface area contributed by atoms with Crippen LogP contribution >= 0.6 is 0 Å². The van der Waals surface area contributed by atoms with E-state index in [1.165, 1.54) is 10.9 Å². The molecular formula is C16H17N5O2. The zero-order chi connectivity index (χ0) is 16.2. The van der Waals surface area contributed by atoms with E-state index in [0.717, 1.165) is 5.56 Å². The molecule has 1 aromatic carbocycles. The molecular weight excluding hydrogens is 294 g/mol. The van der Waals surface area contributed by atoms with Crippen molar-refractivity contribution in [3.8, 4) is 0 Å². The van der Waals surface area contributed by atoms with Gasteiger partial charge in [0.15, 0.2) is 0 Å². The van der Waals surface area contributed by atoms with E-state index < -0.39 is 6.04 Å². The number of carbonyl (C=O) groups is 1. The highest BCUT2D eigenvalue weighted by Crippen LogP contribution is 2.08. The molecule has 23 heavy (non-hydrogen) atoms. The summed E-state index contributed by atoms with van der Waals surface area (Å²) in [5.41, 5.74) is 1.43. The van der Waals surface area contributed by atoms with E-state index in [2.05, 4.69) is 20.5 Å². The molecule has 0 saturated carbocycles. The first-order valence-electron chi connectivity index (χ1n) is 7.38. The molecule has 0 unspecified atom stereocenters. The first-order valence-corrected chi connectivity index (χ1v) is 7.38. The topological polar surface area (TPSA) is 92.7 Å². The molecule has 0 bridgehead atoms. The summed E-state index contributed by atoms with van der Waals surface area (Å²) < 4.78 is 1.36. The molecule has 0 aliphatic heterocycles. The summed E-state index contributed by atoms with van der Waals surface area (Å²) in [6.45, 7) is 2.17. The first-order chi connectivity index (χ1) is 11.2. The van der Waals surface area contributed by atoms with Crippen molar-refractivity contribution < 1.29 is 4.79 Å². The summed E-state index contributed by atoms with van der Waals surface area (Å²) in [4.78, 5) is 28.9. The minimum atomic E-state index is -0.621. The Hall–Kier alpha value is -2.96. The molecule has 1 atom stereocenters. The van der Waals surface area contributed by atoms with E-state index in [9.17, 15) is 9.59 Å². The first kappa shape index (κ1) is 15.0. The maximum absolute atomic E-state index is 12.5. The van der Waals surface area contributed by atoms with Crippen LogP contribution in [0.2, 0.25) is 0 Å². The molecule has 0 aliphatic rings. The van der Waals surface area contributed by atoms with Crippen molar-refractivity contribution in [3.05, 3.63) is 58.9 Å². The predicted molar refractivity (Wildman–Crippen MR) is 86.0 cm³/mol. The molecule has 118 valence electrons. The van der Waals surface area contributed by atoms with Gasteiger partial charge >= 0.3 is 0 Å². The van der Waals surface area contributed by atoms with E-state index in [1.54, 1.807) is 37.5 Å². The SMILES string of the molecule is C[C@@H](C(=O)NCCc1cn[nH]c1)n1cnc2ccccc2c1=O. The zero-order valence-corrected chi connectivity index (χ0v) is 12.7. The number of H-pyrrole nitrogens is 1. The number of aromatic nitrogens is 4. The molecule has 0 fully saturated rings. The number of aromatic amines is 1. The molecule has 0 spiro atoms. The van der Waals surface area contributed by atoms with Gasteiger partial charge in [0.05, 0.1) is 23.4 Å². The Kier molecular flexibility index (Phi) is 4.18. The van der Waals surface area contributed by atoms with Gasteiger partial charge in [-0.25, -0.2) is 4.98 Å². The van der Waals surface area contributed by atoms with Gasteiger partial charge < -0.3 is 5.32 Å². The highest BCUT2D eigenvalue weighted by Gasteiger charge is 2.17. The second-order valence-electron chi connectivity index (χ2n) is 5.30. The molecule has 3 rings (SSSR count). The van der Waals surface area contributed by atoms with Gasteiger partial charge in [0.2, 0.25) is 5.91 Å². The van der Waals surface area contributed by atoms with Gasteiger partial charge in [0, 0.05) is 12.7 Å². The van der Waals surface area contributed by atoms with Gasteiger partial charge in [0.1, 0.15) is 6.04 Å². The van der Waals surface area contributed by atoms with Gasteiger partial charge in [0.25, 0.3) is 5.56 Å². The van der Waals surface area contributed by atoms with Crippen molar-refractivity contribution in [2.24, 2.45) is 0 Å². The normalized spacial score (nSPS) is 12.2. The van der Waals surface area contributed by atoms with Gasteiger partial charge in [-0.2, -0.15) is 5.10 Å². The molecule has 7 nitrogen and oxygen atoms in total. The number of rotatable bonds is 5. The van der Waals surface area contributed by atoms with Crippen LogP contribution in [0.1, 0.15) is 18.5 Å². The monoisotopic (exact) mass is 311 g/mol. The molecule has 7 heteroatoms. The standard InChI is InChI=1S/C16H17N5O2/c1-11(15(22)17-7-6-12-8-19-20-9-12)21-10-18-14-5-3-2-4-13(14)16(21)23/h2-5,8-11H,6-7H2,1H3,(H,17,22)(H,19,20)/t11-/m0/s1. The van der Waals surface area contributed by atoms with Crippen molar-refractivity contribution in [1.82, 2.24) is 25.1 Å². The maximum Gasteiger partial charge on any atom is 0.261 e. The van der Waals surface area contributed by atoms with E-state index in [0.29, 0.717) is 23.9 Å². The Labute approximate surface area is 132 Å². The molecule has 2 N–H and O–H groups in total. The number of nitrogens with zero attached hydrogens (tertiary/aromatic N) is 3. The summed E-state index contributed by atoms with van der Waals surface area (Å²) in [7, 11) is 0. The van der Waals surface area contributed by atoms with Crippen LogP contribution in [-0.2, 0) is 11.2 Å². The Morgan fingerprint density at radius 2 is 2.22 bits per heavy atom. The van der Waals surface area contributed by atoms with Crippen molar-refractivity contribution in [1.29, 1.82) is 0 Å². The minimum absolute atomic E-state index is 0.215. The maximum atomic E-state index is 12.5. The highest BCUT2D eigenvalue weighted by molar-refractivity contribution is 5.81. The van der Waals surface area contributed by atoms with Crippen LogP contribution in [0.4, 0.5) is 0 Å². The molecule has 2 heterocycles. The van der Waals surface area contributed by atoms with E-state index >= 15 is 0 Å². The Balaban J connectivity index is 1.72. The number of para-hydroxylation sites is 1. The van der Waals surface area contributed by atoms with Crippen LogP contribution in [0.3, 0.4) is 0 Å². The second kappa shape index (κ2) is 6.43. The predicted octanol–water partition coefficient (Wildman–Crippen LogP) is 1.04. The summed E-state index contributed by atoms with van der Waals surface area (Å²) >= 11 is 0. The number of hydrogen-bond acceptors (Lipinski definition) is 4. The zero-order valence-electron chi connectivity index (χ0n) is 12.7. The molecule has 2 aromatic heterocycles. The number of carbonyl (C=O) groups excluding carboxylic acids is 1. The van der Waals surface area contributed by atoms with Crippen LogP contribution in [-0.4, -0.2) is 32.2 Å². The third-order valence-electron chi connectivity index (χ3n) is 3.75. The van der Waals surface area contributed by atoms with Gasteiger partial charge in [-0.1, -0.05) is 12.1 Å². The smallest absolute Gasteiger partial charge is 0.261 e. The average Bonchev–Trinajstić information content (AvgIpc) is 3.08. The van der Waals surface area contributed by atoms with Gasteiger partial charge in [-0.3, -0.25) is 19.3 Å². The lowest BCUT2D eigenvalue weighted by atomic mass is 10.2. The summed E-state index contributed by atoms with van der Waals surface area (Å²) in [5.74, 6) is -0.215. The number of amides is 1. The lowest BCUT2D eigenvalue weighted by Gasteiger charge is -2.15. The Morgan fingerprint density at radius 3 is 3.00 bits per heavy atom. The largest absolute Gasteiger partial charge is 0.354 e. The van der Waals surface area contributed by atoms with Crippen LogP contribution in [0.5, 0.6) is 0 Å². The van der Waals surface area contributed by atoms with E-state index in [-0.39, 0.29) is 11.5 Å². The van der Waals surface area contributed by atoms with Crippen LogP contribution in [0.15, 0.2) is 47.8 Å². The van der Waals surface area contributed by atoms with Crippen LogP contribution in [0, 0.1) is 0 Å². The number of nitrogens with one attached hydrogen (secondary N) is 2. The third-order valence-corrected chi connectivity index (χ3v) is 3.75. The molecule has 3 aromatic rings. The third kappa shape index (κ3) is 3.13. The Morgan fingerprint density at radius 1 is 1.39 bits per heavy atom. The fourth-order valence-corrected chi connectivity index (χ4v) is 2.38. The summed E-state index contributed by atoms with van der Waals surface area (Å²) in [6, 6.07) is 6.47. The molecule has 1 amide bonds. The van der Waals surface area contributed by atoms with Crippen LogP contribution in [0.25, 0.3) is 10.9 Å². The fraction of sp³-hybridized carbons (Fsp3) is 0.250. The quantitative estimate of drug-likeness (QED) is 0.736. The van der Waals surface area contributed by atoms with Crippen LogP contribution < -0.4 is 10.9 Å². The van der Waals surface area contributed by atoms with E-state index in [1.807, 2.05) is 6.07 Å². The lowest BCUT2D eigenvalue weighted by molar-refractivity contribution is -0.123. The number of fused-ring (bicyclic) bond motifs is 1. The van der Waals surface area contributed by atoms with Crippen molar-refractivity contribution in [2.75, 3.05) is 6.54 Å². The second-order valence-corrected chi connectivity index (χ2v) is 5.30. The highest BCUT2D eigenvalue weighted by atomic mass is 16.2. The molecule has 0 saturated heterocycles. The number of benzene rings is 1. The van der Waals surface area contributed by atoms with Crippen molar-refractivity contribution in [2.45, 2.75) is 19.4 Å². The lowest BCUT2D eigenvalue weighted by Crippen LogP contribution is -2.36. The Bertz CT molecular complexity index is 870. The van der Waals surface area contributed by atoms with Crippen molar-refractivity contribution >= 4 is 16.8 Å². The van der Waals surface area contributed by atoms with Crippen molar-refractivity contribution in [3.63, 3.8) is 0 Å². The molecule has 0 radical (unpaired) electrons. The van der Waals surface area contributed by atoms with Gasteiger partial charge in [-0.05, 0) is 31.0 Å². The van der Waals surface area contributed by atoms with Gasteiger partial charge in [-0.15, -0.1) is 0 Å². The average molecular weight is 311 g/mol. The molecule has 0 aliphatic carbocycles. The fourth-order valence-electron chi connectivity index (χ4n) is 2.38. The summed E-state index contributed by atoms with van der Waals surface area (Å²) in [6.07, 6.45) is 5.60. The minimum Gasteiger partial charge on any atom is -0.354 e. The van der Waals surface area contributed by atoms with E-state index in [4.69, 9.17) is 0 Å². The number of hydrogen-bond donors (Lipinski definition) is 2.